The average molecular weight is 456 g/mol. The van der Waals surface area contributed by atoms with Gasteiger partial charge in [0.1, 0.15) is 12.1 Å². The predicted molar refractivity (Wildman–Crippen MR) is 115 cm³/mol. The van der Waals surface area contributed by atoms with E-state index in [0.717, 1.165) is 11.8 Å². The molecule has 4 rings (SSSR count). The fourth-order valence-electron chi connectivity index (χ4n) is 2.66. The number of carbonyl (C=O) groups is 1. The number of hydrogen-bond donors (Lipinski definition) is 1. The summed E-state index contributed by atoms with van der Waals surface area (Å²) in [7, 11) is 0. The highest BCUT2D eigenvalue weighted by atomic mass is 32.2. The molecule has 2 aromatic carbocycles. The Hall–Kier alpha value is -3.64. The van der Waals surface area contributed by atoms with Gasteiger partial charge >= 0.3 is 0 Å². The van der Waals surface area contributed by atoms with Crippen molar-refractivity contribution in [2.24, 2.45) is 0 Å². The molecule has 0 saturated carbocycles. The number of thiazole rings is 1. The second kappa shape index (κ2) is 9.02. The highest BCUT2D eigenvalue weighted by molar-refractivity contribution is 7.99. The van der Waals surface area contributed by atoms with Crippen LogP contribution in [0.2, 0.25) is 0 Å². The van der Waals surface area contributed by atoms with Crippen molar-refractivity contribution in [2.75, 3.05) is 11.1 Å². The van der Waals surface area contributed by atoms with E-state index < -0.39 is 10.7 Å². The van der Waals surface area contributed by atoms with Crippen molar-refractivity contribution in [2.45, 2.75) is 5.16 Å². The van der Waals surface area contributed by atoms with Crippen molar-refractivity contribution in [3.8, 4) is 16.9 Å². The van der Waals surface area contributed by atoms with E-state index in [1.54, 1.807) is 35.7 Å². The van der Waals surface area contributed by atoms with E-state index in [9.17, 15) is 19.3 Å². The van der Waals surface area contributed by atoms with Gasteiger partial charge in [-0.2, -0.15) is 0 Å². The van der Waals surface area contributed by atoms with E-state index >= 15 is 0 Å². The lowest BCUT2D eigenvalue weighted by molar-refractivity contribution is -0.384. The SMILES string of the molecule is O=C(CSc1nncn1-c1ccccc1F)Nc1nc(-c2cccc([N+](=O)[O-])c2)cs1. The Bertz CT molecular complexity index is 1260. The Labute approximate surface area is 183 Å². The first kappa shape index (κ1) is 20.6. The Morgan fingerprint density at radius 3 is 2.90 bits per heavy atom. The number of amides is 1. The minimum absolute atomic E-state index is 0.0128. The Kier molecular flexibility index (Phi) is 6.00. The molecule has 156 valence electrons. The van der Waals surface area contributed by atoms with Crippen LogP contribution in [0.3, 0.4) is 0 Å². The van der Waals surface area contributed by atoms with Crippen LogP contribution in [0.25, 0.3) is 16.9 Å². The molecule has 1 N–H and O–H groups in total. The Balaban J connectivity index is 1.40. The van der Waals surface area contributed by atoms with Gasteiger partial charge in [0.2, 0.25) is 5.91 Å². The van der Waals surface area contributed by atoms with E-state index in [0.29, 0.717) is 21.5 Å². The summed E-state index contributed by atoms with van der Waals surface area (Å²) in [5, 5.41) is 23.8. The molecule has 0 fully saturated rings. The predicted octanol–water partition coefficient (Wildman–Crippen LogP) is 4.17. The van der Waals surface area contributed by atoms with Crippen molar-refractivity contribution in [3.05, 3.63) is 76.2 Å². The molecule has 1 amide bonds. The third-order valence-electron chi connectivity index (χ3n) is 4.06. The maximum atomic E-state index is 14.0. The molecule has 2 heterocycles. The van der Waals surface area contributed by atoms with Crippen LogP contribution in [0.5, 0.6) is 0 Å². The van der Waals surface area contributed by atoms with Gasteiger partial charge in [0.25, 0.3) is 5.69 Å². The zero-order valence-corrected chi connectivity index (χ0v) is 17.3. The Morgan fingerprint density at radius 2 is 2.10 bits per heavy atom. The van der Waals surface area contributed by atoms with Crippen molar-refractivity contribution >= 4 is 39.8 Å². The number of thioether (sulfide) groups is 1. The van der Waals surface area contributed by atoms with Crippen LogP contribution in [-0.4, -0.2) is 36.3 Å². The van der Waals surface area contributed by atoms with Gasteiger partial charge in [-0.3, -0.25) is 19.5 Å². The van der Waals surface area contributed by atoms with Crippen molar-refractivity contribution < 1.29 is 14.1 Å². The van der Waals surface area contributed by atoms with Crippen LogP contribution < -0.4 is 5.32 Å². The maximum Gasteiger partial charge on any atom is 0.270 e. The van der Waals surface area contributed by atoms with E-state index in [4.69, 9.17) is 0 Å². The number of rotatable bonds is 7. The van der Waals surface area contributed by atoms with Gasteiger partial charge in [-0.25, -0.2) is 9.37 Å². The van der Waals surface area contributed by atoms with Crippen LogP contribution in [0.15, 0.2) is 65.4 Å². The molecule has 31 heavy (non-hydrogen) atoms. The molecule has 2 aromatic heterocycles. The molecule has 0 aliphatic heterocycles. The van der Waals surface area contributed by atoms with Crippen molar-refractivity contribution in [1.82, 2.24) is 19.7 Å². The van der Waals surface area contributed by atoms with Crippen LogP contribution in [0.1, 0.15) is 0 Å². The second-order valence-electron chi connectivity index (χ2n) is 6.12. The van der Waals surface area contributed by atoms with E-state index in [-0.39, 0.29) is 23.0 Å². The van der Waals surface area contributed by atoms with Gasteiger partial charge in [-0.05, 0) is 12.1 Å². The topological polar surface area (TPSA) is 116 Å². The van der Waals surface area contributed by atoms with Crippen LogP contribution in [-0.2, 0) is 4.79 Å². The Morgan fingerprint density at radius 1 is 1.26 bits per heavy atom. The van der Waals surface area contributed by atoms with Gasteiger partial charge in [-0.1, -0.05) is 36.0 Å². The molecule has 9 nitrogen and oxygen atoms in total. The number of nitrogens with zero attached hydrogens (tertiary/aromatic N) is 5. The van der Waals surface area contributed by atoms with Gasteiger partial charge < -0.3 is 5.32 Å². The summed E-state index contributed by atoms with van der Waals surface area (Å²) >= 11 is 2.31. The highest BCUT2D eigenvalue weighted by Gasteiger charge is 2.15. The summed E-state index contributed by atoms with van der Waals surface area (Å²) in [6.45, 7) is 0. The minimum Gasteiger partial charge on any atom is -0.301 e. The van der Waals surface area contributed by atoms with Crippen molar-refractivity contribution in [3.63, 3.8) is 0 Å². The minimum atomic E-state index is -0.476. The molecule has 0 radical (unpaired) electrons. The molecule has 0 unspecified atom stereocenters. The molecular formula is C19H13FN6O3S2. The highest BCUT2D eigenvalue weighted by Crippen LogP contribution is 2.28. The molecule has 0 saturated heterocycles. The lowest BCUT2D eigenvalue weighted by Crippen LogP contribution is -2.14. The number of aromatic nitrogens is 4. The largest absolute Gasteiger partial charge is 0.301 e. The number of nitro benzene ring substituents is 1. The summed E-state index contributed by atoms with van der Waals surface area (Å²) < 4.78 is 15.5. The summed E-state index contributed by atoms with van der Waals surface area (Å²) in [6.07, 6.45) is 1.38. The summed E-state index contributed by atoms with van der Waals surface area (Å²) in [5.74, 6) is -0.739. The average Bonchev–Trinajstić information content (AvgIpc) is 3.42. The first-order valence-corrected chi connectivity index (χ1v) is 10.7. The summed E-state index contributed by atoms with van der Waals surface area (Å²) in [6, 6.07) is 12.3. The monoisotopic (exact) mass is 456 g/mol. The summed E-state index contributed by atoms with van der Waals surface area (Å²) in [5.41, 5.74) is 1.36. The number of nitrogens with one attached hydrogen (secondary N) is 1. The lowest BCUT2D eigenvalue weighted by Gasteiger charge is -2.07. The molecule has 0 atom stereocenters. The number of benzene rings is 2. The first-order valence-electron chi connectivity index (χ1n) is 8.79. The van der Waals surface area contributed by atoms with E-state index in [1.807, 2.05) is 0 Å². The van der Waals surface area contributed by atoms with E-state index in [2.05, 4.69) is 20.5 Å². The van der Waals surface area contributed by atoms with Crippen LogP contribution in [0.4, 0.5) is 15.2 Å². The molecule has 4 aromatic rings. The summed E-state index contributed by atoms with van der Waals surface area (Å²) in [4.78, 5) is 27.1. The molecule has 0 aliphatic rings. The molecule has 12 heteroatoms. The van der Waals surface area contributed by atoms with Crippen LogP contribution in [0, 0.1) is 15.9 Å². The molecule has 0 aliphatic carbocycles. The molecule has 0 bridgehead atoms. The smallest absolute Gasteiger partial charge is 0.270 e. The number of halogens is 1. The fourth-order valence-corrected chi connectivity index (χ4v) is 4.12. The van der Waals surface area contributed by atoms with Crippen molar-refractivity contribution in [1.29, 1.82) is 0 Å². The zero-order chi connectivity index (χ0) is 21.8. The first-order chi connectivity index (χ1) is 15.0. The number of para-hydroxylation sites is 1. The quantitative estimate of drug-likeness (QED) is 0.252. The van der Waals surface area contributed by atoms with Gasteiger partial charge in [0, 0.05) is 23.1 Å². The normalized spacial score (nSPS) is 10.7. The third kappa shape index (κ3) is 4.75. The van der Waals surface area contributed by atoms with Gasteiger partial charge in [0.15, 0.2) is 10.3 Å². The lowest BCUT2D eigenvalue weighted by atomic mass is 10.1. The number of anilines is 1. The maximum absolute atomic E-state index is 14.0. The van der Waals surface area contributed by atoms with Gasteiger partial charge in [0.05, 0.1) is 22.1 Å². The fraction of sp³-hybridized carbons (Fsp3) is 0.0526. The van der Waals surface area contributed by atoms with E-state index in [1.165, 1.54) is 40.4 Å². The van der Waals surface area contributed by atoms with Crippen LogP contribution >= 0.6 is 23.1 Å². The number of non-ortho nitro benzene ring substituents is 1. The second-order valence-corrected chi connectivity index (χ2v) is 7.92. The number of carbonyl (C=O) groups excluding carboxylic acids is 1. The third-order valence-corrected chi connectivity index (χ3v) is 5.76. The molecular weight excluding hydrogens is 443 g/mol. The van der Waals surface area contributed by atoms with Gasteiger partial charge in [-0.15, -0.1) is 21.5 Å². The number of hydrogen-bond acceptors (Lipinski definition) is 8. The molecule has 0 spiro atoms. The standard InChI is InChI=1S/C19H13FN6O3S2/c20-14-6-1-2-7-16(14)25-11-21-24-19(25)31-10-17(27)23-18-22-15(9-30-18)12-4-3-5-13(8-12)26(28)29/h1-9,11H,10H2,(H,22,23,27). The zero-order valence-electron chi connectivity index (χ0n) is 15.6. The number of nitro groups is 1.